The predicted molar refractivity (Wildman–Crippen MR) is 151 cm³/mol. The Balaban J connectivity index is 0.00000320. The zero-order chi connectivity index (χ0) is 24.6. The minimum Gasteiger partial charge on any atom is -1.00 e. The van der Waals surface area contributed by atoms with Crippen molar-refractivity contribution in [1.82, 2.24) is 0 Å². The molecule has 0 saturated carbocycles. The molecule has 0 aliphatic carbocycles. The number of esters is 1. The molecule has 5 aromatic carbocycles. The lowest BCUT2D eigenvalue weighted by Gasteiger charge is -2.28. The summed E-state index contributed by atoms with van der Waals surface area (Å²) in [5.41, 5.74) is 2.74. The smallest absolute Gasteiger partial charge is 0.338 e. The van der Waals surface area contributed by atoms with Crippen molar-refractivity contribution in [2.24, 2.45) is 0 Å². The molecule has 0 amide bonds. The number of halogens is 1. The van der Waals surface area contributed by atoms with Gasteiger partial charge in [0.2, 0.25) is 0 Å². The van der Waals surface area contributed by atoms with Crippen LogP contribution < -0.4 is 32.9 Å². The average molecular weight is 567 g/mol. The maximum absolute atomic E-state index is 12.7. The highest BCUT2D eigenvalue weighted by Gasteiger charge is 2.45. The number of hydrogen-bond donors (Lipinski definition) is 0. The van der Waals surface area contributed by atoms with Gasteiger partial charge in [0.1, 0.15) is 29.8 Å². The standard InChI is InChI=1S/C33H28O2P.BrH/c34-33(35-25-27-13-5-1-6-14-27)29-23-21-28(22-24-29)26-36(30-15-7-2-8-16-30,31-17-9-3-10-18-31)32-19-11-4-12-20-32;/h1-24H,25-26H2;1H/q+1;/p-1. The second-order valence-electron chi connectivity index (χ2n) is 8.73. The molecule has 5 aromatic rings. The minimum absolute atomic E-state index is 0. The summed E-state index contributed by atoms with van der Waals surface area (Å²) < 4.78 is 5.53. The summed E-state index contributed by atoms with van der Waals surface area (Å²) in [4.78, 5) is 12.7. The number of carbonyl (C=O) groups excluding carboxylic acids is 1. The van der Waals surface area contributed by atoms with Gasteiger partial charge in [-0.3, -0.25) is 0 Å². The van der Waals surface area contributed by atoms with E-state index < -0.39 is 7.26 Å². The Bertz CT molecular complexity index is 1290. The second-order valence-corrected chi connectivity index (χ2v) is 12.2. The van der Waals surface area contributed by atoms with Crippen LogP contribution in [-0.4, -0.2) is 5.97 Å². The van der Waals surface area contributed by atoms with E-state index in [2.05, 4.69) is 103 Å². The molecule has 0 bridgehead atoms. The normalized spacial score (nSPS) is 10.8. The molecule has 2 nitrogen and oxygen atoms in total. The Kier molecular flexibility index (Phi) is 9.06. The van der Waals surface area contributed by atoms with E-state index in [0.29, 0.717) is 5.56 Å². The Labute approximate surface area is 230 Å². The first-order valence-electron chi connectivity index (χ1n) is 12.1. The molecule has 0 saturated heterocycles. The predicted octanol–water partition coefficient (Wildman–Crippen LogP) is 3.54. The highest BCUT2D eigenvalue weighted by Crippen LogP contribution is 2.58. The number of carbonyl (C=O) groups is 1. The van der Waals surface area contributed by atoms with Gasteiger partial charge in [-0.2, -0.15) is 0 Å². The summed E-state index contributed by atoms with van der Waals surface area (Å²) >= 11 is 0. The highest BCUT2D eigenvalue weighted by atomic mass is 79.9. The quantitative estimate of drug-likeness (QED) is 0.212. The summed E-state index contributed by atoms with van der Waals surface area (Å²) in [6.45, 7) is 0.270. The van der Waals surface area contributed by atoms with Crippen LogP contribution in [0.4, 0.5) is 0 Å². The molecule has 0 unspecified atom stereocenters. The van der Waals surface area contributed by atoms with Gasteiger partial charge >= 0.3 is 5.97 Å². The Hall–Kier alpha value is -3.52. The molecule has 0 aliphatic heterocycles. The van der Waals surface area contributed by atoms with E-state index in [1.807, 2.05) is 42.5 Å². The molecule has 0 radical (unpaired) electrons. The monoisotopic (exact) mass is 566 g/mol. The van der Waals surface area contributed by atoms with Crippen LogP contribution in [0.1, 0.15) is 21.5 Å². The molecule has 0 aliphatic rings. The topological polar surface area (TPSA) is 26.3 Å². The lowest BCUT2D eigenvalue weighted by atomic mass is 10.1. The SMILES string of the molecule is O=C(OCc1ccccc1)c1ccc(C[P+](c2ccccc2)(c2ccccc2)c2ccccc2)cc1.[Br-]. The average Bonchev–Trinajstić information content (AvgIpc) is 2.97. The van der Waals surface area contributed by atoms with E-state index in [0.717, 1.165) is 11.7 Å². The minimum atomic E-state index is -1.98. The molecule has 0 fully saturated rings. The van der Waals surface area contributed by atoms with Crippen molar-refractivity contribution in [1.29, 1.82) is 0 Å². The third-order valence-electron chi connectivity index (χ3n) is 6.41. The Morgan fingerprint density at radius 3 is 1.35 bits per heavy atom. The van der Waals surface area contributed by atoms with E-state index in [4.69, 9.17) is 4.74 Å². The number of benzene rings is 5. The number of ether oxygens (including phenoxy) is 1. The van der Waals surface area contributed by atoms with Crippen LogP contribution in [-0.2, 0) is 17.5 Å². The van der Waals surface area contributed by atoms with Gasteiger partial charge in [0.25, 0.3) is 0 Å². The van der Waals surface area contributed by atoms with Crippen molar-refractivity contribution < 1.29 is 26.5 Å². The van der Waals surface area contributed by atoms with Crippen LogP contribution in [0.3, 0.4) is 0 Å². The molecule has 5 rings (SSSR count). The van der Waals surface area contributed by atoms with Crippen molar-refractivity contribution in [3.63, 3.8) is 0 Å². The lowest BCUT2D eigenvalue weighted by molar-refractivity contribution is -0.0000252. The third kappa shape index (κ3) is 6.07. The molecule has 4 heteroatoms. The van der Waals surface area contributed by atoms with Crippen molar-refractivity contribution in [3.05, 3.63) is 162 Å². The number of rotatable bonds is 8. The molecular formula is C33H28BrO2P. The Morgan fingerprint density at radius 2 is 0.919 bits per heavy atom. The van der Waals surface area contributed by atoms with Crippen LogP contribution in [0.15, 0.2) is 146 Å². The van der Waals surface area contributed by atoms with E-state index >= 15 is 0 Å². The van der Waals surface area contributed by atoms with Crippen molar-refractivity contribution in [2.45, 2.75) is 12.8 Å². The van der Waals surface area contributed by atoms with Gasteiger partial charge < -0.3 is 21.7 Å². The zero-order valence-corrected chi connectivity index (χ0v) is 22.9. The first kappa shape index (κ1) is 26.5. The van der Waals surface area contributed by atoms with Crippen molar-refractivity contribution in [2.75, 3.05) is 0 Å². The van der Waals surface area contributed by atoms with Gasteiger partial charge in [-0.05, 0) is 59.7 Å². The third-order valence-corrected chi connectivity index (χ3v) is 10.8. The maximum atomic E-state index is 12.7. The molecule has 184 valence electrons. The summed E-state index contributed by atoms with van der Waals surface area (Å²) in [6, 6.07) is 50.2. The zero-order valence-electron chi connectivity index (χ0n) is 20.4. The van der Waals surface area contributed by atoms with Crippen LogP contribution in [0.2, 0.25) is 0 Å². The van der Waals surface area contributed by atoms with Crippen LogP contribution in [0, 0.1) is 0 Å². The van der Waals surface area contributed by atoms with Crippen molar-refractivity contribution >= 4 is 29.1 Å². The highest BCUT2D eigenvalue weighted by molar-refractivity contribution is 7.95. The van der Waals surface area contributed by atoms with Crippen LogP contribution >= 0.6 is 7.26 Å². The first-order valence-corrected chi connectivity index (χ1v) is 14.1. The first-order chi connectivity index (χ1) is 17.8. The fourth-order valence-electron chi connectivity index (χ4n) is 4.60. The molecule has 0 atom stereocenters. The van der Waals surface area contributed by atoms with E-state index in [1.54, 1.807) is 0 Å². The summed E-state index contributed by atoms with van der Waals surface area (Å²) in [6.07, 6.45) is 0.865. The van der Waals surface area contributed by atoms with Crippen LogP contribution in [0.25, 0.3) is 0 Å². The fourth-order valence-corrected chi connectivity index (χ4v) is 8.84. The number of hydrogen-bond acceptors (Lipinski definition) is 2. The van der Waals surface area contributed by atoms with E-state index in [-0.39, 0.29) is 29.6 Å². The summed E-state index contributed by atoms with van der Waals surface area (Å²) in [5.74, 6) is -0.305. The molecule has 37 heavy (non-hydrogen) atoms. The molecule has 0 N–H and O–H groups in total. The van der Waals surface area contributed by atoms with E-state index in [1.165, 1.54) is 21.5 Å². The summed E-state index contributed by atoms with van der Waals surface area (Å²) in [5, 5.41) is 4.02. The second kappa shape index (κ2) is 12.6. The molecule has 0 heterocycles. The van der Waals surface area contributed by atoms with Crippen molar-refractivity contribution in [3.8, 4) is 0 Å². The van der Waals surface area contributed by atoms with Gasteiger partial charge in [0.15, 0.2) is 0 Å². The van der Waals surface area contributed by atoms with Gasteiger partial charge in [0.05, 0.1) is 11.7 Å². The molecular weight excluding hydrogens is 539 g/mol. The molecule has 0 spiro atoms. The van der Waals surface area contributed by atoms with Gasteiger partial charge in [0, 0.05) is 0 Å². The Morgan fingerprint density at radius 1 is 0.514 bits per heavy atom. The molecule has 0 aromatic heterocycles. The lowest BCUT2D eigenvalue weighted by Crippen LogP contribution is -3.00. The van der Waals surface area contributed by atoms with Gasteiger partial charge in [-0.25, -0.2) is 4.79 Å². The fraction of sp³-hybridized carbons (Fsp3) is 0.0606. The maximum Gasteiger partial charge on any atom is 0.338 e. The van der Waals surface area contributed by atoms with E-state index in [9.17, 15) is 4.79 Å². The van der Waals surface area contributed by atoms with Gasteiger partial charge in [-0.1, -0.05) is 97.1 Å². The largest absolute Gasteiger partial charge is 1.00 e. The summed E-state index contributed by atoms with van der Waals surface area (Å²) in [7, 11) is -1.98. The van der Waals surface area contributed by atoms with Crippen LogP contribution in [0.5, 0.6) is 0 Å². The van der Waals surface area contributed by atoms with Gasteiger partial charge in [-0.15, -0.1) is 0 Å².